The van der Waals surface area contributed by atoms with Crippen molar-refractivity contribution in [1.82, 2.24) is 15.2 Å². The van der Waals surface area contributed by atoms with Gasteiger partial charge in [-0.3, -0.25) is 14.6 Å². The monoisotopic (exact) mass is 374 g/mol. The zero-order valence-electron chi connectivity index (χ0n) is 15.1. The number of hydrogen-bond donors (Lipinski definition) is 1. The lowest BCUT2D eigenvalue weighted by atomic mass is 9.79. The summed E-state index contributed by atoms with van der Waals surface area (Å²) in [6.45, 7) is 1.16. The Morgan fingerprint density at radius 1 is 1.30 bits per heavy atom. The van der Waals surface area contributed by atoms with Gasteiger partial charge >= 0.3 is 0 Å². The van der Waals surface area contributed by atoms with Gasteiger partial charge in [0.1, 0.15) is 5.71 Å². The number of rotatable bonds is 4. The highest BCUT2D eigenvalue weighted by Gasteiger charge is 2.51. The smallest absolute Gasteiger partial charge is 0.269 e. The van der Waals surface area contributed by atoms with Crippen LogP contribution in [0.5, 0.6) is 0 Å². The van der Waals surface area contributed by atoms with Crippen LogP contribution in [0.15, 0.2) is 29.7 Å². The summed E-state index contributed by atoms with van der Waals surface area (Å²) in [5.41, 5.74) is -1.22. The predicted molar refractivity (Wildman–Crippen MR) is 95.5 cm³/mol. The predicted octanol–water partition coefficient (Wildman–Crippen LogP) is 1.73. The second kappa shape index (κ2) is 6.90. The average Bonchev–Trinajstić information content (AvgIpc) is 3.07. The quantitative estimate of drug-likeness (QED) is 0.870. The van der Waals surface area contributed by atoms with E-state index in [9.17, 15) is 14.0 Å². The van der Waals surface area contributed by atoms with E-state index < -0.39 is 17.2 Å². The molecule has 1 aromatic heterocycles. The van der Waals surface area contributed by atoms with Gasteiger partial charge in [-0.25, -0.2) is 4.39 Å². The molecule has 8 heteroatoms. The van der Waals surface area contributed by atoms with Crippen LogP contribution in [0, 0.1) is 0 Å². The van der Waals surface area contributed by atoms with Crippen LogP contribution in [0.3, 0.4) is 0 Å². The fourth-order valence-electron chi connectivity index (χ4n) is 3.91. The summed E-state index contributed by atoms with van der Waals surface area (Å²) in [5, 5.41) is 6.78. The molecule has 7 nitrogen and oxygen atoms in total. The molecule has 0 bridgehead atoms. The molecule has 3 heterocycles. The number of oxime groups is 1. The summed E-state index contributed by atoms with van der Waals surface area (Å²) in [6, 6.07) is 3.68. The van der Waals surface area contributed by atoms with Crippen LogP contribution in [0.25, 0.3) is 0 Å². The molecule has 144 valence electrons. The fraction of sp³-hybridized carbons (Fsp3) is 0.579. The lowest BCUT2D eigenvalue weighted by Crippen LogP contribution is -2.57. The zero-order chi connectivity index (χ0) is 18.9. The molecule has 3 aliphatic rings. The molecule has 0 unspecified atom stereocenters. The van der Waals surface area contributed by atoms with Crippen molar-refractivity contribution < 1.29 is 18.8 Å². The normalized spacial score (nSPS) is 26.1. The number of halogens is 1. The van der Waals surface area contributed by atoms with E-state index in [1.165, 1.54) is 0 Å². The topological polar surface area (TPSA) is 83.9 Å². The van der Waals surface area contributed by atoms with E-state index in [4.69, 9.17) is 4.84 Å². The molecule has 1 aromatic rings. The summed E-state index contributed by atoms with van der Waals surface area (Å²) in [6.07, 6.45) is 6.44. The molecule has 1 aliphatic carbocycles. The molecule has 1 saturated carbocycles. The molecule has 1 atom stereocenters. The maximum absolute atomic E-state index is 14.5. The highest BCUT2D eigenvalue weighted by Crippen LogP contribution is 2.40. The number of carbonyl (C=O) groups excluding carboxylic acids is 2. The van der Waals surface area contributed by atoms with E-state index in [2.05, 4.69) is 15.5 Å². The molecule has 1 saturated heterocycles. The molecule has 0 radical (unpaired) electrons. The second-order valence-corrected chi connectivity index (χ2v) is 7.68. The highest BCUT2D eigenvalue weighted by molar-refractivity contribution is 6.39. The number of alkyl halides is 1. The standard InChI is InChI=1S/C19H23FN4O3/c20-19(6-2-7-19)17(26)24-9-3-5-18(13-24)10-15(23-27-18)16(25)22-12-14-4-1-8-21-11-14/h1,4,8,11H,2-3,5-7,9-10,12-13H2,(H,22,25)/t18-/m1/s1. The van der Waals surface area contributed by atoms with Crippen LogP contribution < -0.4 is 5.32 Å². The largest absolute Gasteiger partial charge is 0.386 e. The van der Waals surface area contributed by atoms with E-state index in [-0.39, 0.29) is 12.5 Å². The Kier molecular flexibility index (Phi) is 4.57. The van der Waals surface area contributed by atoms with Gasteiger partial charge in [0.05, 0.1) is 6.54 Å². The van der Waals surface area contributed by atoms with Crippen LogP contribution in [-0.4, -0.2) is 51.8 Å². The lowest BCUT2D eigenvalue weighted by Gasteiger charge is -2.43. The summed E-state index contributed by atoms with van der Waals surface area (Å²) in [4.78, 5) is 36.1. The van der Waals surface area contributed by atoms with E-state index in [0.717, 1.165) is 12.0 Å². The van der Waals surface area contributed by atoms with Gasteiger partial charge in [0.2, 0.25) is 0 Å². The molecule has 27 heavy (non-hydrogen) atoms. The third kappa shape index (κ3) is 3.52. The lowest BCUT2D eigenvalue weighted by molar-refractivity contribution is -0.158. The maximum Gasteiger partial charge on any atom is 0.269 e. The van der Waals surface area contributed by atoms with Gasteiger partial charge in [0.15, 0.2) is 11.3 Å². The summed E-state index contributed by atoms with van der Waals surface area (Å²) >= 11 is 0. The van der Waals surface area contributed by atoms with Gasteiger partial charge in [-0.15, -0.1) is 0 Å². The van der Waals surface area contributed by atoms with Crippen LogP contribution >= 0.6 is 0 Å². The Labute approximate surface area is 157 Å². The summed E-state index contributed by atoms with van der Waals surface area (Å²) < 4.78 is 14.5. The first-order valence-electron chi connectivity index (χ1n) is 9.40. The molecular weight excluding hydrogens is 351 g/mol. The summed E-state index contributed by atoms with van der Waals surface area (Å²) in [5.74, 6) is -0.731. The van der Waals surface area contributed by atoms with Crippen molar-refractivity contribution >= 4 is 17.5 Å². The Hall–Kier alpha value is -2.51. The van der Waals surface area contributed by atoms with Crippen molar-refractivity contribution in [1.29, 1.82) is 0 Å². The van der Waals surface area contributed by atoms with Crippen LogP contribution in [0.2, 0.25) is 0 Å². The van der Waals surface area contributed by atoms with Gasteiger partial charge in [-0.2, -0.15) is 0 Å². The number of nitrogens with one attached hydrogen (secondary N) is 1. The Morgan fingerprint density at radius 2 is 2.15 bits per heavy atom. The molecule has 0 aromatic carbocycles. The molecule has 1 N–H and O–H groups in total. The SMILES string of the molecule is O=C(NCc1cccnc1)C1=NO[C@]2(CCCN(C(=O)C3(F)CCC3)C2)C1. The number of aromatic nitrogens is 1. The second-order valence-electron chi connectivity index (χ2n) is 7.68. The van der Waals surface area contributed by atoms with Crippen LogP contribution in [0.1, 0.15) is 44.1 Å². The van der Waals surface area contributed by atoms with E-state index in [0.29, 0.717) is 50.9 Å². The van der Waals surface area contributed by atoms with Crippen molar-refractivity contribution in [3.05, 3.63) is 30.1 Å². The maximum atomic E-state index is 14.5. The molecular formula is C19H23FN4O3. The summed E-state index contributed by atoms with van der Waals surface area (Å²) in [7, 11) is 0. The minimum Gasteiger partial charge on any atom is -0.386 e. The number of carbonyl (C=O) groups is 2. The third-order valence-electron chi connectivity index (χ3n) is 5.63. The van der Waals surface area contributed by atoms with E-state index in [1.54, 1.807) is 23.4 Å². The molecule has 2 aliphatic heterocycles. The highest BCUT2D eigenvalue weighted by atomic mass is 19.1. The van der Waals surface area contributed by atoms with Crippen LogP contribution in [-0.2, 0) is 21.0 Å². The van der Waals surface area contributed by atoms with Crippen molar-refractivity contribution in [2.45, 2.75) is 56.3 Å². The number of piperidine rings is 1. The number of likely N-dealkylation sites (tertiary alicyclic amines) is 1. The Morgan fingerprint density at radius 3 is 2.85 bits per heavy atom. The number of pyridine rings is 1. The van der Waals surface area contributed by atoms with Crippen molar-refractivity contribution in [3.8, 4) is 0 Å². The minimum atomic E-state index is -1.71. The number of amides is 2. The molecule has 2 amide bonds. The van der Waals surface area contributed by atoms with Gasteiger partial charge in [0.25, 0.3) is 11.8 Å². The van der Waals surface area contributed by atoms with Gasteiger partial charge in [-0.1, -0.05) is 11.2 Å². The first-order valence-corrected chi connectivity index (χ1v) is 9.40. The van der Waals surface area contributed by atoms with Crippen LogP contribution in [0.4, 0.5) is 4.39 Å². The van der Waals surface area contributed by atoms with Gasteiger partial charge < -0.3 is 15.1 Å². The van der Waals surface area contributed by atoms with Gasteiger partial charge in [-0.05, 0) is 43.7 Å². The van der Waals surface area contributed by atoms with Crippen molar-refractivity contribution in [3.63, 3.8) is 0 Å². The third-order valence-corrected chi connectivity index (χ3v) is 5.63. The minimum absolute atomic E-state index is 0.278. The average molecular weight is 374 g/mol. The molecule has 1 spiro atoms. The Balaban J connectivity index is 1.34. The zero-order valence-corrected chi connectivity index (χ0v) is 15.1. The van der Waals surface area contributed by atoms with E-state index in [1.807, 2.05) is 6.07 Å². The Bertz CT molecular complexity index is 765. The fourth-order valence-corrected chi connectivity index (χ4v) is 3.91. The first-order chi connectivity index (χ1) is 13.0. The van der Waals surface area contributed by atoms with Gasteiger partial charge in [0, 0.05) is 31.9 Å². The number of nitrogens with zero attached hydrogens (tertiary/aromatic N) is 3. The van der Waals surface area contributed by atoms with E-state index >= 15 is 0 Å². The molecule has 4 rings (SSSR count). The van der Waals surface area contributed by atoms with Crippen molar-refractivity contribution in [2.24, 2.45) is 5.16 Å². The van der Waals surface area contributed by atoms with Crippen molar-refractivity contribution in [2.75, 3.05) is 13.1 Å². The number of hydrogen-bond acceptors (Lipinski definition) is 5. The molecule has 2 fully saturated rings. The first kappa shape index (κ1) is 17.9.